The predicted octanol–water partition coefficient (Wildman–Crippen LogP) is 3.01. The van der Waals surface area contributed by atoms with E-state index in [0.717, 1.165) is 23.5 Å². The Bertz CT molecular complexity index is 575. The number of anilines is 1. The molecule has 0 fully saturated rings. The summed E-state index contributed by atoms with van der Waals surface area (Å²) >= 11 is 6.71. The average Bonchev–Trinajstić information content (AvgIpc) is 2.72. The van der Waals surface area contributed by atoms with Gasteiger partial charge in [0, 0.05) is 16.1 Å². The Morgan fingerprint density at radius 2 is 2.22 bits per heavy atom. The van der Waals surface area contributed by atoms with E-state index in [4.69, 9.17) is 18.0 Å². The maximum atomic E-state index is 5.73. The van der Waals surface area contributed by atoms with Crippen LogP contribution >= 0.6 is 23.6 Å². The Morgan fingerprint density at radius 1 is 1.44 bits per heavy atom. The van der Waals surface area contributed by atoms with Gasteiger partial charge in [-0.25, -0.2) is 4.98 Å². The molecule has 0 aliphatic carbocycles. The highest BCUT2D eigenvalue weighted by Crippen LogP contribution is 2.20. The van der Waals surface area contributed by atoms with Crippen molar-refractivity contribution in [3.8, 4) is 0 Å². The maximum absolute atomic E-state index is 5.73. The van der Waals surface area contributed by atoms with Gasteiger partial charge >= 0.3 is 0 Å². The Hall–Kier alpha value is -1.46. The molecule has 2 aromatic rings. The highest BCUT2D eigenvalue weighted by atomic mass is 32.1. The third kappa shape index (κ3) is 2.86. The summed E-state index contributed by atoms with van der Waals surface area (Å²) in [6.45, 7) is 4.81. The van der Waals surface area contributed by atoms with Gasteiger partial charge in [0.05, 0.1) is 17.7 Å². The molecule has 0 aliphatic rings. The number of thiocarbonyl (C=S) groups is 1. The summed E-state index contributed by atoms with van der Waals surface area (Å²) in [4.78, 5) is 5.87. The van der Waals surface area contributed by atoms with Crippen LogP contribution in [-0.2, 0) is 6.54 Å². The molecule has 0 unspecified atom stereocenters. The molecule has 1 aromatic carbocycles. The summed E-state index contributed by atoms with van der Waals surface area (Å²) in [5.41, 5.74) is 11.7. The number of aromatic nitrogens is 1. The van der Waals surface area contributed by atoms with Gasteiger partial charge in [0.2, 0.25) is 0 Å². The van der Waals surface area contributed by atoms with Crippen molar-refractivity contribution < 1.29 is 0 Å². The van der Waals surface area contributed by atoms with E-state index in [1.165, 1.54) is 10.4 Å². The van der Waals surface area contributed by atoms with Crippen molar-refractivity contribution in [2.24, 2.45) is 5.73 Å². The Balaban J connectivity index is 2.20. The van der Waals surface area contributed by atoms with Crippen LogP contribution in [0.4, 0.5) is 5.69 Å². The zero-order valence-electron chi connectivity index (χ0n) is 10.4. The van der Waals surface area contributed by atoms with Crippen molar-refractivity contribution >= 4 is 34.2 Å². The number of rotatable bonds is 4. The van der Waals surface area contributed by atoms with Gasteiger partial charge in [0.25, 0.3) is 0 Å². The number of benzene rings is 1. The summed E-state index contributed by atoms with van der Waals surface area (Å²) < 4.78 is 0. The fourth-order valence-electron chi connectivity index (χ4n) is 1.69. The standard InChI is InChI=1S/C13H15N3S2/c1-8-3-4-10(13(14)17)11(5-8)15-6-12-9(2)16-7-18-12/h3-5,7,15H,6H2,1-2H3,(H2,14,17). The van der Waals surface area contributed by atoms with Crippen LogP contribution in [0.15, 0.2) is 23.7 Å². The molecule has 1 aromatic heterocycles. The van der Waals surface area contributed by atoms with Crippen molar-refractivity contribution in [3.63, 3.8) is 0 Å². The molecule has 0 aliphatic heterocycles. The summed E-state index contributed by atoms with van der Waals surface area (Å²) in [7, 11) is 0. The van der Waals surface area contributed by atoms with Crippen LogP contribution in [0, 0.1) is 13.8 Å². The van der Waals surface area contributed by atoms with E-state index < -0.39 is 0 Å². The molecule has 5 heteroatoms. The first-order valence-corrected chi connectivity index (χ1v) is 6.90. The van der Waals surface area contributed by atoms with E-state index in [1.54, 1.807) is 11.3 Å². The zero-order chi connectivity index (χ0) is 13.1. The first-order valence-electron chi connectivity index (χ1n) is 5.61. The first kappa shape index (κ1) is 13.0. The SMILES string of the molecule is Cc1ccc(C(N)=S)c(NCc2scnc2C)c1. The van der Waals surface area contributed by atoms with Crippen LogP contribution in [0.3, 0.4) is 0 Å². The minimum absolute atomic E-state index is 0.415. The van der Waals surface area contributed by atoms with Crippen LogP contribution in [0.2, 0.25) is 0 Å². The number of thiazole rings is 1. The third-order valence-electron chi connectivity index (χ3n) is 2.72. The van der Waals surface area contributed by atoms with Crippen LogP contribution in [0.1, 0.15) is 21.7 Å². The van der Waals surface area contributed by atoms with Gasteiger partial charge in [0.1, 0.15) is 4.99 Å². The van der Waals surface area contributed by atoms with E-state index in [0.29, 0.717) is 4.99 Å². The minimum atomic E-state index is 0.415. The number of nitrogens with zero attached hydrogens (tertiary/aromatic N) is 1. The largest absolute Gasteiger partial charge is 0.389 e. The summed E-state index contributed by atoms with van der Waals surface area (Å²) in [5.74, 6) is 0. The molecule has 18 heavy (non-hydrogen) atoms. The topological polar surface area (TPSA) is 50.9 Å². The van der Waals surface area contributed by atoms with E-state index in [1.807, 2.05) is 31.5 Å². The molecular weight excluding hydrogens is 262 g/mol. The van der Waals surface area contributed by atoms with Crippen LogP contribution in [-0.4, -0.2) is 9.97 Å². The highest BCUT2D eigenvalue weighted by molar-refractivity contribution is 7.80. The first-order chi connectivity index (χ1) is 8.58. The summed E-state index contributed by atoms with van der Waals surface area (Å²) in [5, 5.41) is 3.38. The van der Waals surface area contributed by atoms with Crippen LogP contribution in [0.5, 0.6) is 0 Å². The monoisotopic (exact) mass is 277 g/mol. The molecular formula is C13H15N3S2. The van der Waals surface area contributed by atoms with E-state index >= 15 is 0 Å². The van der Waals surface area contributed by atoms with Gasteiger partial charge in [-0.05, 0) is 31.5 Å². The second-order valence-corrected chi connectivity index (χ2v) is 5.51. The van der Waals surface area contributed by atoms with Crippen molar-refractivity contribution in [1.29, 1.82) is 0 Å². The smallest absolute Gasteiger partial charge is 0.106 e. The van der Waals surface area contributed by atoms with E-state index in [2.05, 4.69) is 16.4 Å². The van der Waals surface area contributed by atoms with Crippen LogP contribution < -0.4 is 11.1 Å². The molecule has 3 N–H and O–H groups in total. The third-order valence-corrected chi connectivity index (χ3v) is 3.88. The maximum Gasteiger partial charge on any atom is 0.106 e. The molecule has 0 amide bonds. The van der Waals surface area contributed by atoms with Crippen LogP contribution in [0.25, 0.3) is 0 Å². The Morgan fingerprint density at radius 3 is 2.83 bits per heavy atom. The molecule has 0 saturated carbocycles. The molecule has 0 bridgehead atoms. The van der Waals surface area contributed by atoms with E-state index in [-0.39, 0.29) is 0 Å². The number of hydrogen-bond donors (Lipinski definition) is 2. The van der Waals surface area contributed by atoms with Crippen molar-refractivity contribution in [3.05, 3.63) is 45.4 Å². The number of nitrogens with one attached hydrogen (secondary N) is 1. The zero-order valence-corrected chi connectivity index (χ0v) is 12.0. The molecule has 0 radical (unpaired) electrons. The predicted molar refractivity (Wildman–Crippen MR) is 81.2 cm³/mol. The molecule has 0 atom stereocenters. The van der Waals surface area contributed by atoms with Gasteiger partial charge in [0.15, 0.2) is 0 Å². The van der Waals surface area contributed by atoms with Gasteiger partial charge in [-0.3, -0.25) is 0 Å². The van der Waals surface area contributed by atoms with Crippen molar-refractivity contribution in [2.45, 2.75) is 20.4 Å². The number of nitrogens with two attached hydrogens (primary N) is 1. The lowest BCUT2D eigenvalue weighted by molar-refractivity contribution is 1.12. The molecule has 1 heterocycles. The average molecular weight is 277 g/mol. The lowest BCUT2D eigenvalue weighted by Crippen LogP contribution is -2.13. The second kappa shape index (κ2) is 5.46. The van der Waals surface area contributed by atoms with E-state index in [9.17, 15) is 0 Å². The van der Waals surface area contributed by atoms with Gasteiger partial charge in [-0.15, -0.1) is 11.3 Å². The highest BCUT2D eigenvalue weighted by Gasteiger charge is 2.07. The lowest BCUT2D eigenvalue weighted by Gasteiger charge is -2.11. The quantitative estimate of drug-likeness (QED) is 0.844. The molecule has 0 spiro atoms. The van der Waals surface area contributed by atoms with Gasteiger partial charge < -0.3 is 11.1 Å². The van der Waals surface area contributed by atoms with Crippen molar-refractivity contribution in [1.82, 2.24) is 4.98 Å². The second-order valence-electron chi connectivity index (χ2n) is 4.13. The van der Waals surface area contributed by atoms with Crippen molar-refractivity contribution in [2.75, 3.05) is 5.32 Å². The fraction of sp³-hybridized carbons (Fsp3) is 0.231. The van der Waals surface area contributed by atoms with Gasteiger partial charge in [-0.2, -0.15) is 0 Å². The fourth-order valence-corrected chi connectivity index (χ4v) is 2.59. The Kier molecular flexibility index (Phi) is 3.93. The molecule has 3 nitrogen and oxygen atoms in total. The van der Waals surface area contributed by atoms with Gasteiger partial charge in [-0.1, -0.05) is 18.3 Å². The normalized spacial score (nSPS) is 10.3. The number of hydrogen-bond acceptors (Lipinski definition) is 4. The minimum Gasteiger partial charge on any atom is -0.389 e. The number of aryl methyl sites for hydroxylation is 2. The summed E-state index contributed by atoms with van der Waals surface area (Å²) in [6.07, 6.45) is 0. The molecule has 94 valence electrons. The molecule has 2 rings (SSSR count). The lowest BCUT2D eigenvalue weighted by atomic mass is 10.1. The Labute approximate surface area is 116 Å². The summed E-state index contributed by atoms with van der Waals surface area (Å²) in [6, 6.07) is 6.03. The molecule has 0 saturated heterocycles.